The standard InChI is InChI=1S/C13H20N2O/c1-4-14-9-13(16)15-11(3)12-8-6-5-7-10(12)2/h5-8,11,14H,4,9H2,1-3H3,(H,15,16)/t11-/m1/s1. The molecule has 2 N–H and O–H groups in total. The minimum atomic E-state index is 0.0394. The van der Waals surface area contributed by atoms with Crippen molar-refractivity contribution in [2.75, 3.05) is 13.1 Å². The summed E-state index contributed by atoms with van der Waals surface area (Å²) in [6.07, 6.45) is 0. The van der Waals surface area contributed by atoms with Gasteiger partial charge in [0, 0.05) is 0 Å². The molecular formula is C13H20N2O. The molecule has 0 unspecified atom stereocenters. The molecule has 0 saturated heterocycles. The Morgan fingerprint density at radius 3 is 2.69 bits per heavy atom. The maximum absolute atomic E-state index is 11.5. The fourth-order valence-electron chi connectivity index (χ4n) is 1.68. The number of rotatable bonds is 5. The lowest BCUT2D eigenvalue weighted by Crippen LogP contribution is -2.35. The molecule has 0 aliphatic heterocycles. The first-order chi connectivity index (χ1) is 7.65. The van der Waals surface area contributed by atoms with Crippen molar-refractivity contribution >= 4 is 5.91 Å². The lowest BCUT2D eigenvalue weighted by atomic mass is 10.0. The van der Waals surface area contributed by atoms with Gasteiger partial charge in [-0.2, -0.15) is 0 Å². The highest BCUT2D eigenvalue weighted by atomic mass is 16.1. The molecule has 3 nitrogen and oxygen atoms in total. The van der Waals surface area contributed by atoms with Crippen molar-refractivity contribution in [3.63, 3.8) is 0 Å². The summed E-state index contributed by atoms with van der Waals surface area (Å²) < 4.78 is 0. The molecular weight excluding hydrogens is 200 g/mol. The quantitative estimate of drug-likeness (QED) is 0.794. The van der Waals surface area contributed by atoms with Crippen molar-refractivity contribution in [2.45, 2.75) is 26.8 Å². The van der Waals surface area contributed by atoms with Gasteiger partial charge in [0.25, 0.3) is 0 Å². The molecule has 88 valence electrons. The van der Waals surface area contributed by atoms with Crippen LogP contribution in [0.2, 0.25) is 0 Å². The number of carbonyl (C=O) groups excluding carboxylic acids is 1. The van der Waals surface area contributed by atoms with Crippen molar-refractivity contribution in [2.24, 2.45) is 0 Å². The molecule has 0 aliphatic rings. The van der Waals surface area contributed by atoms with Gasteiger partial charge < -0.3 is 10.6 Å². The highest BCUT2D eigenvalue weighted by Gasteiger charge is 2.10. The van der Waals surface area contributed by atoms with Gasteiger partial charge in [-0.25, -0.2) is 0 Å². The predicted octanol–water partition coefficient (Wildman–Crippen LogP) is 1.78. The Balaban J connectivity index is 2.55. The summed E-state index contributed by atoms with van der Waals surface area (Å²) in [4.78, 5) is 11.5. The predicted molar refractivity (Wildman–Crippen MR) is 66.3 cm³/mol. The SMILES string of the molecule is CCNCC(=O)N[C@H](C)c1ccccc1C. The van der Waals surface area contributed by atoms with E-state index in [-0.39, 0.29) is 11.9 Å². The smallest absolute Gasteiger partial charge is 0.234 e. The summed E-state index contributed by atoms with van der Waals surface area (Å²) in [7, 11) is 0. The molecule has 1 rings (SSSR count). The van der Waals surface area contributed by atoms with Crippen LogP contribution in [0.3, 0.4) is 0 Å². The second-order valence-electron chi connectivity index (χ2n) is 3.93. The zero-order chi connectivity index (χ0) is 12.0. The minimum Gasteiger partial charge on any atom is -0.348 e. The van der Waals surface area contributed by atoms with Crippen molar-refractivity contribution in [3.8, 4) is 0 Å². The molecule has 0 aliphatic carbocycles. The molecule has 0 radical (unpaired) electrons. The number of carbonyl (C=O) groups is 1. The van der Waals surface area contributed by atoms with E-state index in [1.165, 1.54) is 11.1 Å². The molecule has 0 aromatic heterocycles. The van der Waals surface area contributed by atoms with Crippen LogP contribution in [0.4, 0.5) is 0 Å². The minimum absolute atomic E-state index is 0.0394. The lowest BCUT2D eigenvalue weighted by molar-refractivity contribution is -0.120. The summed E-state index contributed by atoms with van der Waals surface area (Å²) in [5, 5.41) is 5.98. The van der Waals surface area contributed by atoms with Crippen LogP contribution in [0.25, 0.3) is 0 Å². The van der Waals surface area contributed by atoms with E-state index in [9.17, 15) is 4.79 Å². The van der Waals surface area contributed by atoms with Gasteiger partial charge in [0.2, 0.25) is 5.91 Å². The Morgan fingerprint density at radius 2 is 2.06 bits per heavy atom. The highest BCUT2D eigenvalue weighted by Crippen LogP contribution is 2.16. The second kappa shape index (κ2) is 6.28. The largest absolute Gasteiger partial charge is 0.348 e. The Kier molecular flexibility index (Phi) is 4.99. The third-order valence-corrected chi connectivity index (χ3v) is 2.57. The van der Waals surface area contributed by atoms with Crippen LogP contribution in [0.5, 0.6) is 0 Å². The first kappa shape index (κ1) is 12.7. The van der Waals surface area contributed by atoms with Crippen molar-refractivity contribution in [3.05, 3.63) is 35.4 Å². The third-order valence-electron chi connectivity index (χ3n) is 2.57. The summed E-state index contributed by atoms with van der Waals surface area (Å²) in [5.41, 5.74) is 2.38. The van der Waals surface area contributed by atoms with E-state index in [0.29, 0.717) is 6.54 Å². The van der Waals surface area contributed by atoms with Crippen LogP contribution >= 0.6 is 0 Å². The number of aryl methyl sites for hydroxylation is 1. The van der Waals surface area contributed by atoms with Gasteiger partial charge in [0.15, 0.2) is 0 Å². The van der Waals surface area contributed by atoms with E-state index in [0.717, 1.165) is 6.54 Å². The van der Waals surface area contributed by atoms with Gasteiger partial charge in [0.05, 0.1) is 12.6 Å². The summed E-state index contributed by atoms with van der Waals surface area (Å²) in [5.74, 6) is 0.0394. The van der Waals surface area contributed by atoms with Gasteiger partial charge in [-0.1, -0.05) is 31.2 Å². The van der Waals surface area contributed by atoms with E-state index in [4.69, 9.17) is 0 Å². The Labute approximate surface area is 97.2 Å². The maximum Gasteiger partial charge on any atom is 0.234 e. The van der Waals surface area contributed by atoms with Gasteiger partial charge in [-0.05, 0) is 31.5 Å². The number of benzene rings is 1. The van der Waals surface area contributed by atoms with E-state index >= 15 is 0 Å². The van der Waals surface area contributed by atoms with Crippen molar-refractivity contribution in [1.29, 1.82) is 0 Å². The summed E-state index contributed by atoms with van der Waals surface area (Å²) in [6, 6.07) is 8.17. The number of hydrogen-bond acceptors (Lipinski definition) is 2. The van der Waals surface area contributed by atoms with E-state index in [1.807, 2.05) is 32.0 Å². The molecule has 16 heavy (non-hydrogen) atoms. The molecule has 0 saturated carbocycles. The normalized spacial score (nSPS) is 12.2. The van der Waals surface area contributed by atoms with Crippen LogP contribution in [-0.2, 0) is 4.79 Å². The zero-order valence-electron chi connectivity index (χ0n) is 10.2. The van der Waals surface area contributed by atoms with E-state index in [2.05, 4.69) is 23.6 Å². The van der Waals surface area contributed by atoms with Crippen LogP contribution in [0, 0.1) is 6.92 Å². The van der Waals surface area contributed by atoms with Crippen molar-refractivity contribution < 1.29 is 4.79 Å². The Hall–Kier alpha value is -1.35. The summed E-state index contributed by atoms with van der Waals surface area (Å²) in [6.45, 7) is 7.24. The molecule has 1 atom stereocenters. The molecule has 1 aromatic carbocycles. The first-order valence-corrected chi connectivity index (χ1v) is 5.70. The van der Waals surface area contributed by atoms with Gasteiger partial charge in [-0.15, -0.1) is 0 Å². The number of hydrogen-bond donors (Lipinski definition) is 2. The number of nitrogens with one attached hydrogen (secondary N) is 2. The Bertz CT molecular complexity index is 350. The molecule has 0 spiro atoms. The Morgan fingerprint density at radius 1 is 1.38 bits per heavy atom. The van der Waals surface area contributed by atoms with E-state index < -0.39 is 0 Å². The molecule has 3 heteroatoms. The number of amides is 1. The highest BCUT2D eigenvalue weighted by molar-refractivity contribution is 5.78. The van der Waals surface area contributed by atoms with Gasteiger partial charge in [-0.3, -0.25) is 4.79 Å². The molecule has 1 aromatic rings. The monoisotopic (exact) mass is 220 g/mol. The average Bonchev–Trinajstić information content (AvgIpc) is 2.26. The molecule has 1 amide bonds. The lowest BCUT2D eigenvalue weighted by Gasteiger charge is -2.16. The van der Waals surface area contributed by atoms with E-state index in [1.54, 1.807) is 0 Å². The topological polar surface area (TPSA) is 41.1 Å². The van der Waals surface area contributed by atoms with Crippen LogP contribution < -0.4 is 10.6 Å². The van der Waals surface area contributed by atoms with Crippen molar-refractivity contribution in [1.82, 2.24) is 10.6 Å². The average molecular weight is 220 g/mol. The number of likely N-dealkylation sites (N-methyl/N-ethyl adjacent to an activating group) is 1. The van der Waals surface area contributed by atoms with Gasteiger partial charge >= 0.3 is 0 Å². The molecule has 0 fully saturated rings. The fourth-order valence-corrected chi connectivity index (χ4v) is 1.68. The maximum atomic E-state index is 11.5. The second-order valence-corrected chi connectivity index (χ2v) is 3.93. The first-order valence-electron chi connectivity index (χ1n) is 5.70. The zero-order valence-corrected chi connectivity index (χ0v) is 10.2. The van der Waals surface area contributed by atoms with Crippen LogP contribution in [-0.4, -0.2) is 19.0 Å². The summed E-state index contributed by atoms with van der Waals surface area (Å²) >= 11 is 0. The van der Waals surface area contributed by atoms with Crippen LogP contribution in [0.1, 0.15) is 31.0 Å². The molecule has 0 bridgehead atoms. The molecule has 0 heterocycles. The van der Waals surface area contributed by atoms with Crippen LogP contribution in [0.15, 0.2) is 24.3 Å². The third kappa shape index (κ3) is 3.66. The fraction of sp³-hybridized carbons (Fsp3) is 0.462. The van der Waals surface area contributed by atoms with Gasteiger partial charge in [0.1, 0.15) is 0 Å².